The largest absolute Gasteiger partial charge is 0.463 e. The van der Waals surface area contributed by atoms with E-state index in [4.69, 9.17) is 4.42 Å². The van der Waals surface area contributed by atoms with Gasteiger partial charge in [-0.3, -0.25) is 0 Å². The summed E-state index contributed by atoms with van der Waals surface area (Å²) in [5.74, 6) is 0. The number of furan rings is 1. The average molecular weight is 279 g/mol. The molecule has 0 aliphatic rings. The van der Waals surface area contributed by atoms with Gasteiger partial charge in [0.1, 0.15) is 5.58 Å². The molecule has 1 heterocycles. The molecule has 1 aromatic heterocycles. The minimum atomic E-state index is -4.21. The van der Waals surface area contributed by atoms with Crippen molar-refractivity contribution in [3.05, 3.63) is 34.5 Å². The first-order chi connectivity index (χ1) is 6.97. The first-order valence-electron chi connectivity index (χ1n) is 4.19. The van der Waals surface area contributed by atoms with E-state index in [1.165, 1.54) is 0 Å². The van der Waals surface area contributed by atoms with Crippen LogP contribution in [0.15, 0.2) is 33.4 Å². The maximum atomic E-state index is 12.2. The molecule has 0 bridgehead atoms. The lowest BCUT2D eigenvalue weighted by Gasteiger charge is -2.03. The summed E-state index contributed by atoms with van der Waals surface area (Å²) in [5.41, 5.74) is 0.621. The molecule has 0 aliphatic carbocycles. The van der Waals surface area contributed by atoms with Crippen molar-refractivity contribution in [3.63, 3.8) is 0 Å². The Labute approximate surface area is 92.0 Å². The molecular formula is C10H6BrF3O. The van der Waals surface area contributed by atoms with Gasteiger partial charge < -0.3 is 4.42 Å². The van der Waals surface area contributed by atoms with E-state index in [0.29, 0.717) is 15.4 Å². The Hall–Kier alpha value is -0.970. The van der Waals surface area contributed by atoms with Crippen molar-refractivity contribution in [3.8, 4) is 0 Å². The van der Waals surface area contributed by atoms with Gasteiger partial charge in [0, 0.05) is 10.9 Å². The minimum Gasteiger partial charge on any atom is -0.463 e. The Balaban J connectivity index is 2.50. The van der Waals surface area contributed by atoms with Crippen molar-refractivity contribution < 1.29 is 17.6 Å². The molecule has 0 N–H and O–H groups in total. The molecule has 0 atom stereocenters. The summed E-state index contributed by atoms with van der Waals surface area (Å²) in [6.07, 6.45) is -4.02. The van der Waals surface area contributed by atoms with Crippen LogP contribution in [-0.2, 0) is 6.42 Å². The first kappa shape index (κ1) is 10.5. The number of alkyl halides is 3. The number of para-hydroxylation sites is 1. The number of rotatable bonds is 1. The van der Waals surface area contributed by atoms with Gasteiger partial charge in [-0.05, 0) is 22.0 Å². The van der Waals surface area contributed by atoms with Crippen molar-refractivity contribution in [2.75, 3.05) is 0 Å². The number of hydrogen-bond donors (Lipinski definition) is 0. The highest BCUT2D eigenvalue weighted by atomic mass is 79.9. The summed E-state index contributed by atoms with van der Waals surface area (Å²) in [5, 5.41) is 0.502. The Morgan fingerprint density at radius 2 is 2.00 bits per heavy atom. The second-order valence-corrected chi connectivity index (χ2v) is 4.02. The lowest BCUT2D eigenvalue weighted by molar-refractivity contribution is -0.127. The highest BCUT2D eigenvalue weighted by molar-refractivity contribution is 9.10. The lowest BCUT2D eigenvalue weighted by atomic mass is 10.1. The van der Waals surface area contributed by atoms with E-state index in [-0.39, 0.29) is 5.56 Å². The monoisotopic (exact) mass is 278 g/mol. The Morgan fingerprint density at radius 3 is 2.67 bits per heavy atom. The first-order valence-corrected chi connectivity index (χ1v) is 4.98. The van der Waals surface area contributed by atoms with Gasteiger partial charge in [-0.25, -0.2) is 0 Å². The van der Waals surface area contributed by atoms with Gasteiger partial charge >= 0.3 is 6.18 Å². The Morgan fingerprint density at radius 1 is 1.27 bits per heavy atom. The molecule has 1 aromatic carbocycles. The van der Waals surface area contributed by atoms with Gasteiger partial charge in [-0.1, -0.05) is 12.1 Å². The van der Waals surface area contributed by atoms with Crippen LogP contribution in [0, 0.1) is 0 Å². The summed E-state index contributed by atoms with van der Waals surface area (Å²) >= 11 is 3.21. The fraction of sp³-hybridized carbons (Fsp3) is 0.200. The lowest BCUT2D eigenvalue weighted by Crippen LogP contribution is -2.10. The molecule has 80 valence electrons. The molecule has 0 amide bonds. The predicted octanol–water partition coefficient (Wildman–Crippen LogP) is 4.30. The fourth-order valence-electron chi connectivity index (χ4n) is 1.43. The van der Waals surface area contributed by atoms with Crippen LogP contribution in [-0.4, -0.2) is 6.18 Å². The molecule has 15 heavy (non-hydrogen) atoms. The van der Waals surface area contributed by atoms with Crippen LogP contribution in [0.2, 0.25) is 0 Å². The Bertz CT molecular complexity index is 487. The normalized spacial score (nSPS) is 12.3. The zero-order valence-corrected chi connectivity index (χ0v) is 9.02. The number of fused-ring (bicyclic) bond motifs is 1. The van der Waals surface area contributed by atoms with Gasteiger partial charge in [0.2, 0.25) is 0 Å². The zero-order valence-electron chi connectivity index (χ0n) is 7.44. The van der Waals surface area contributed by atoms with E-state index in [1.54, 1.807) is 18.2 Å². The van der Waals surface area contributed by atoms with Crippen LogP contribution in [0.1, 0.15) is 5.56 Å². The van der Waals surface area contributed by atoms with Gasteiger partial charge in [0.05, 0.1) is 17.2 Å². The summed E-state index contributed by atoms with van der Waals surface area (Å²) in [6.45, 7) is 0. The predicted molar refractivity (Wildman–Crippen MR) is 53.7 cm³/mol. The van der Waals surface area contributed by atoms with Crippen molar-refractivity contribution in [2.45, 2.75) is 12.6 Å². The molecule has 2 aromatic rings. The molecule has 2 rings (SSSR count). The van der Waals surface area contributed by atoms with Gasteiger partial charge in [-0.2, -0.15) is 13.2 Å². The number of hydrogen-bond acceptors (Lipinski definition) is 1. The van der Waals surface area contributed by atoms with Gasteiger partial charge in [-0.15, -0.1) is 0 Å². The van der Waals surface area contributed by atoms with Crippen LogP contribution in [0.4, 0.5) is 13.2 Å². The molecule has 0 saturated carbocycles. The van der Waals surface area contributed by atoms with E-state index in [9.17, 15) is 13.2 Å². The van der Waals surface area contributed by atoms with Gasteiger partial charge in [0.15, 0.2) is 0 Å². The molecule has 0 saturated heterocycles. The van der Waals surface area contributed by atoms with E-state index >= 15 is 0 Å². The second-order valence-electron chi connectivity index (χ2n) is 3.17. The zero-order chi connectivity index (χ0) is 11.1. The van der Waals surface area contributed by atoms with Crippen LogP contribution >= 0.6 is 15.9 Å². The fourth-order valence-corrected chi connectivity index (χ4v) is 1.89. The molecule has 0 aliphatic heterocycles. The standard InChI is InChI=1S/C10H6BrF3O/c11-8-3-1-2-7-6(4-10(12,13)14)5-15-9(7)8/h1-3,5H,4H2. The second kappa shape index (κ2) is 3.56. The summed E-state index contributed by atoms with van der Waals surface area (Å²) < 4.78 is 42.3. The third-order valence-electron chi connectivity index (χ3n) is 2.02. The SMILES string of the molecule is FC(F)(F)Cc1coc2c(Br)cccc12. The molecule has 0 fully saturated rings. The smallest absolute Gasteiger partial charge is 0.393 e. The summed E-state index contributed by atoms with van der Waals surface area (Å²) in [4.78, 5) is 0. The summed E-state index contributed by atoms with van der Waals surface area (Å²) in [7, 11) is 0. The number of halogens is 4. The number of benzene rings is 1. The quantitative estimate of drug-likeness (QED) is 0.758. The van der Waals surface area contributed by atoms with E-state index in [0.717, 1.165) is 6.26 Å². The van der Waals surface area contributed by atoms with E-state index in [2.05, 4.69) is 15.9 Å². The average Bonchev–Trinajstić information content (AvgIpc) is 2.48. The highest BCUT2D eigenvalue weighted by Gasteiger charge is 2.29. The topological polar surface area (TPSA) is 13.1 Å². The molecule has 0 radical (unpaired) electrons. The third kappa shape index (κ3) is 2.17. The van der Waals surface area contributed by atoms with Crippen molar-refractivity contribution >= 4 is 26.9 Å². The van der Waals surface area contributed by atoms with Crippen molar-refractivity contribution in [1.82, 2.24) is 0 Å². The van der Waals surface area contributed by atoms with Crippen LogP contribution in [0.3, 0.4) is 0 Å². The highest BCUT2D eigenvalue weighted by Crippen LogP contribution is 2.31. The van der Waals surface area contributed by atoms with Gasteiger partial charge in [0.25, 0.3) is 0 Å². The van der Waals surface area contributed by atoms with Crippen LogP contribution in [0.25, 0.3) is 11.0 Å². The Kier molecular flexibility index (Phi) is 2.50. The molecular weight excluding hydrogens is 273 g/mol. The van der Waals surface area contributed by atoms with Crippen molar-refractivity contribution in [1.29, 1.82) is 0 Å². The minimum absolute atomic E-state index is 0.166. The summed E-state index contributed by atoms with van der Waals surface area (Å²) in [6, 6.07) is 5.02. The van der Waals surface area contributed by atoms with Crippen molar-refractivity contribution in [2.24, 2.45) is 0 Å². The van der Waals surface area contributed by atoms with Crippen LogP contribution < -0.4 is 0 Å². The maximum Gasteiger partial charge on any atom is 0.393 e. The molecule has 0 unspecified atom stereocenters. The maximum absolute atomic E-state index is 12.2. The van der Waals surface area contributed by atoms with Crippen LogP contribution in [0.5, 0.6) is 0 Å². The molecule has 5 heteroatoms. The molecule has 1 nitrogen and oxygen atoms in total. The van der Waals surface area contributed by atoms with E-state index < -0.39 is 12.6 Å². The molecule has 0 spiro atoms. The third-order valence-corrected chi connectivity index (χ3v) is 2.65. The van der Waals surface area contributed by atoms with E-state index in [1.807, 2.05) is 0 Å².